The summed E-state index contributed by atoms with van der Waals surface area (Å²) in [6.07, 6.45) is -0.227. The van der Waals surface area contributed by atoms with Crippen LogP contribution < -0.4 is 5.32 Å². The lowest BCUT2D eigenvalue weighted by atomic mass is 10.2. The average molecular weight is 291 g/mol. The molecule has 5 heteroatoms. The van der Waals surface area contributed by atoms with Crippen molar-refractivity contribution in [3.05, 3.63) is 58.3 Å². The van der Waals surface area contributed by atoms with Crippen molar-refractivity contribution in [2.24, 2.45) is 0 Å². The van der Waals surface area contributed by atoms with Gasteiger partial charge in [-0.25, -0.2) is 0 Å². The molecule has 1 amide bonds. The second-order valence-electron chi connectivity index (χ2n) is 4.17. The van der Waals surface area contributed by atoms with E-state index in [1.165, 1.54) is 0 Å². The lowest BCUT2D eigenvalue weighted by Crippen LogP contribution is -2.29. The Hall–Kier alpha value is -1.69. The van der Waals surface area contributed by atoms with E-state index in [0.717, 1.165) is 4.88 Å². The SMILES string of the molecule is O=C(NC[C@@H](OCCO)c1cccs1)c1ccccc1. The first kappa shape index (κ1) is 14.7. The Morgan fingerprint density at radius 1 is 1.25 bits per heavy atom. The fourth-order valence-corrected chi connectivity index (χ4v) is 2.56. The van der Waals surface area contributed by atoms with Crippen molar-refractivity contribution >= 4 is 17.2 Å². The maximum atomic E-state index is 12.0. The lowest BCUT2D eigenvalue weighted by molar-refractivity contribution is 0.0296. The molecule has 2 rings (SSSR count). The summed E-state index contributed by atoms with van der Waals surface area (Å²) < 4.78 is 5.57. The number of amides is 1. The number of aliphatic hydroxyl groups is 1. The summed E-state index contributed by atoms with van der Waals surface area (Å²) in [5, 5.41) is 13.7. The molecule has 0 saturated carbocycles. The predicted octanol–water partition coefficient (Wildman–Crippen LogP) is 2.23. The zero-order valence-corrected chi connectivity index (χ0v) is 11.8. The molecule has 20 heavy (non-hydrogen) atoms. The van der Waals surface area contributed by atoms with Crippen molar-refractivity contribution in [2.45, 2.75) is 6.10 Å². The van der Waals surface area contributed by atoms with Gasteiger partial charge in [0.05, 0.1) is 13.2 Å². The molecular formula is C15H17NO3S. The van der Waals surface area contributed by atoms with Crippen molar-refractivity contribution < 1.29 is 14.6 Å². The Balaban J connectivity index is 1.93. The van der Waals surface area contributed by atoms with E-state index >= 15 is 0 Å². The van der Waals surface area contributed by atoms with Gasteiger partial charge in [-0.1, -0.05) is 24.3 Å². The molecule has 1 heterocycles. The molecule has 0 bridgehead atoms. The number of rotatable bonds is 7. The predicted molar refractivity (Wildman–Crippen MR) is 78.9 cm³/mol. The van der Waals surface area contributed by atoms with Crippen LogP contribution in [0.25, 0.3) is 0 Å². The number of carbonyl (C=O) groups is 1. The molecule has 2 aromatic rings. The molecule has 0 spiro atoms. The van der Waals surface area contributed by atoms with E-state index in [-0.39, 0.29) is 25.2 Å². The standard InChI is InChI=1S/C15H17NO3S/c17-8-9-19-13(14-7-4-10-20-14)11-16-15(18)12-5-2-1-3-6-12/h1-7,10,13,17H,8-9,11H2,(H,16,18)/t13-/m1/s1. The number of hydrogen-bond donors (Lipinski definition) is 2. The topological polar surface area (TPSA) is 58.6 Å². The number of nitrogens with one attached hydrogen (secondary N) is 1. The van der Waals surface area contributed by atoms with Crippen LogP contribution in [0.3, 0.4) is 0 Å². The number of hydrogen-bond acceptors (Lipinski definition) is 4. The van der Waals surface area contributed by atoms with Gasteiger partial charge in [0.25, 0.3) is 5.91 Å². The van der Waals surface area contributed by atoms with Crippen LogP contribution in [0.5, 0.6) is 0 Å². The van der Waals surface area contributed by atoms with Gasteiger partial charge in [0.15, 0.2) is 0 Å². The number of ether oxygens (including phenoxy) is 1. The van der Waals surface area contributed by atoms with Crippen LogP contribution in [0.1, 0.15) is 21.3 Å². The molecule has 0 radical (unpaired) electrons. The summed E-state index contributed by atoms with van der Waals surface area (Å²) in [5.74, 6) is -0.125. The van der Waals surface area contributed by atoms with Crippen LogP contribution in [-0.4, -0.2) is 30.8 Å². The quantitative estimate of drug-likeness (QED) is 0.822. The first-order valence-corrected chi connectivity index (χ1v) is 7.28. The highest BCUT2D eigenvalue weighted by Gasteiger charge is 2.15. The zero-order valence-electron chi connectivity index (χ0n) is 11.0. The van der Waals surface area contributed by atoms with Crippen LogP contribution in [-0.2, 0) is 4.74 Å². The van der Waals surface area contributed by atoms with Gasteiger partial charge >= 0.3 is 0 Å². The number of benzene rings is 1. The van der Waals surface area contributed by atoms with Crippen molar-refractivity contribution in [3.63, 3.8) is 0 Å². The first-order chi connectivity index (χ1) is 9.81. The van der Waals surface area contributed by atoms with Crippen molar-refractivity contribution in [1.82, 2.24) is 5.32 Å². The molecule has 1 aromatic carbocycles. The summed E-state index contributed by atoms with van der Waals surface area (Å²) in [4.78, 5) is 13.0. The van der Waals surface area contributed by atoms with Gasteiger partial charge in [-0.15, -0.1) is 11.3 Å². The summed E-state index contributed by atoms with van der Waals surface area (Å²) in [5.41, 5.74) is 0.625. The Morgan fingerprint density at radius 2 is 2.05 bits per heavy atom. The Labute approximate surface area is 122 Å². The minimum absolute atomic E-state index is 0.0332. The second-order valence-corrected chi connectivity index (χ2v) is 5.15. The van der Waals surface area contributed by atoms with E-state index < -0.39 is 0 Å². The average Bonchev–Trinajstić information content (AvgIpc) is 3.02. The highest BCUT2D eigenvalue weighted by Crippen LogP contribution is 2.21. The van der Waals surface area contributed by atoms with Gasteiger partial charge in [-0.05, 0) is 23.6 Å². The van der Waals surface area contributed by atoms with Gasteiger partial charge in [0.2, 0.25) is 0 Å². The fraction of sp³-hybridized carbons (Fsp3) is 0.267. The van der Waals surface area contributed by atoms with Crippen LogP contribution in [0.2, 0.25) is 0 Å². The van der Waals surface area contributed by atoms with Gasteiger partial charge in [0.1, 0.15) is 6.10 Å². The molecule has 4 nitrogen and oxygen atoms in total. The van der Waals surface area contributed by atoms with E-state index in [1.807, 2.05) is 35.7 Å². The van der Waals surface area contributed by atoms with Crippen molar-refractivity contribution in [1.29, 1.82) is 0 Å². The van der Waals surface area contributed by atoms with E-state index in [1.54, 1.807) is 23.5 Å². The third-order valence-electron chi connectivity index (χ3n) is 2.75. The largest absolute Gasteiger partial charge is 0.394 e. The minimum atomic E-state index is -0.227. The molecule has 0 unspecified atom stereocenters. The minimum Gasteiger partial charge on any atom is -0.394 e. The molecule has 106 valence electrons. The second kappa shape index (κ2) is 7.79. The molecule has 0 fully saturated rings. The summed E-state index contributed by atoms with van der Waals surface area (Å²) in [6.45, 7) is 0.604. The molecule has 2 N–H and O–H groups in total. The molecule has 1 atom stereocenters. The third-order valence-corrected chi connectivity index (χ3v) is 3.72. The summed E-state index contributed by atoms with van der Waals surface area (Å²) in [6, 6.07) is 13.0. The highest BCUT2D eigenvalue weighted by atomic mass is 32.1. The van der Waals surface area contributed by atoms with E-state index in [4.69, 9.17) is 9.84 Å². The maximum Gasteiger partial charge on any atom is 0.251 e. The third kappa shape index (κ3) is 4.16. The molecule has 0 aliphatic carbocycles. The summed E-state index contributed by atoms with van der Waals surface area (Å²) in [7, 11) is 0. The van der Waals surface area contributed by atoms with Crippen molar-refractivity contribution in [2.75, 3.05) is 19.8 Å². The number of aliphatic hydroxyl groups excluding tert-OH is 1. The Kier molecular flexibility index (Phi) is 5.73. The van der Waals surface area contributed by atoms with Gasteiger partial charge < -0.3 is 15.2 Å². The van der Waals surface area contributed by atoms with Gasteiger partial charge in [-0.2, -0.15) is 0 Å². The Bertz CT molecular complexity index is 513. The highest BCUT2D eigenvalue weighted by molar-refractivity contribution is 7.10. The maximum absolute atomic E-state index is 12.0. The monoisotopic (exact) mass is 291 g/mol. The van der Waals surface area contributed by atoms with E-state index in [9.17, 15) is 4.79 Å². The lowest BCUT2D eigenvalue weighted by Gasteiger charge is -2.16. The summed E-state index contributed by atoms with van der Waals surface area (Å²) >= 11 is 1.57. The number of carbonyl (C=O) groups excluding carboxylic acids is 1. The molecule has 0 aliphatic rings. The van der Waals surface area contributed by atoms with E-state index in [0.29, 0.717) is 12.1 Å². The van der Waals surface area contributed by atoms with Gasteiger partial charge in [-0.3, -0.25) is 4.79 Å². The van der Waals surface area contributed by atoms with Crippen LogP contribution in [0, 0.1) is 0 Å². The van der Waals surface area contributed by atoms with Crippen LogP contribution >= 0.6 is 11.3 Å². The molecule has 1 aromatic heterocycles. The normalized spacial score (nSPS) is 12.1. The fourth-order valence-electron chi connectivity index (χ4n) is 1.79. The van der Waals surface area contributed by atoms with Crippen LogP contribution in [0.4, 0.5) is 0 Å². The molecule has 0 saturated heterocycles. The number of thiophene rings is 1. The molecule has 0 aliphatic heterocycles. The van der Waals surface area contributed by atoms with Gasteiger partial charge in [0, 0.05) is 17.0 Å². The zero-order chi connectivity index (χ0) is 14.2. The van der Waals surface area contributed by atoms with Crippen LogP contribution in [0.15, 0.2) is 47.8 Å². The smallest absolute Gasteiger partial charge is 0.251 e. The first-order valence-electron chi connectivity index (χ1n) is 6.40. The van der Waals surface area contributed by atoms with E-state index in [2.05, 4.69) is 5.32 Å². The molecular weight excluding hydrogens is 274 g/mol. The van der Waals surface area contributed by atoms with Crippen molar-refractivity contribution in [3.8, 4) is 0 Å². The Morgan fingerprint density at radius 3 is 2.70 bits per heavy atom.